The molecular formula is C25H37NO2. The summed E-state index contributed by atoms with van der Waals surface area (Å²) in [6.45, 7) is 4.23. The summed E-state index contributed by atoms with van der Waals surface area (Å²) in [6, 6.07) is 16.8. The first kappa shape index (κ1) is 22.1. The van der Waals surface area contributed by atoms with E-state index in [9.17, 15) is 0 Å². The highest BCUT2D eigenvalue weighted by atomic mass is 16.5. The molecule has 0 N–H and O–H groups in total. The number of nitrogens with zero attached hydrogens (tertiary/aromatic N) is 1. The van der Waals surface area contributed by atoms with Crippen molar-refractivity contribution in [1.82, 2.24) is 0 Å². The standard InChI is InChI=1S/C25H37NO2/c1-4-5-6-7-8-9-10-11-19-26(23-15-17-24(27-2)18-16-23)21-22-13-12-14-25(20-22)28-3/h12-18,20H,4-11,19,21H2,1-3H3. The molecule has 0 unspecified atom stereocenters. The van der Waals surface area contributed by atoms with Crippen molar-refractivity contribution in [1.29, 1.82) is 0 Å². The molecule has 0 radical (unpaired) electrons. The minimum Gasteiger partial charge on any atom is -0.497 e. The number of anilines is 1. The van der Waals surface area contributed by atoms with E-state index >= 15 is 0 Å². The Morgan fingerprint density at radius 3 is 2.00 bits per heavy atom. The SMILES string of the molecule is CCCCCCCCCCN(Cc1cccc(OC)c1)c1ccc(OC)cc1. The van der Waals surface area contributed by atoms with Crippen LogP contribution in [-0.4, -0.2) is 20.8 Å². The molecule has 0 heterocycles. The lowest BCUT2D eigenvalue weighted by Crippen LogP contribution is -2.23. The molecule has 2 aromatic carbocycles. The van der Waals surface area contributed by atoms with Crippen molar-refractivity contribution < 1.29 is 9.47 Å². The predicted molar refractivity (Wildman–Crippen MR) is 120 cm³/mol. The van der Waals surface area contributed by atoms with E-state index in [0.717, 1.165) is 24.6 Å². The summed E-state index contributed by atoms with van der Waals surface area (Å²) in [5.74, 6) is 1.82. The molecule has 154 valence electrons. The number of hydrogen-bond acceptors (Lipinski definition) is 3. The topological polar surface area (TPSA) is 21.7 Å². The molecule has 0 saturated carbocycles. The lowest BCUT2D eigenvalue weighted by molar-refractivity contribution is 0.414. The average Bonchev–Trinajstić information content (AvgIpc) is 2.75. The number of methoxy groups -OCH3 is 2. The summed E-state index contributed by atoms with van der Waals surface area (Å²) in [7, 11) is 3.43. The van der Waals surface area contributed by atoms with E-state index in [4.69, 9.17) is 9.47 Å². The van der Waals surface area contributed by atoms with Gasteiger partial charge in [-0.25, -0.2) is 0 Å². The van der Waals surface area contributed by atoms with Crippen molar-refractivity contribution >= 4 is 5.69 Å². The maximum atomic E-state index is 5.39. The van der Waals surface area contributed by atoms with Crippen LogP contribution in [0.3, 0.4) is 0 Å². The number of hydrogen-bond donors (Lipinski definition) is 0. The van der Waals surface area contributed by atoms with Gasteiger partial charge in [-0.3, -0.25) is 0 Å². The van der Waals surface area contributed by atoms with Gasteiger partial charge in [0.1, 0.15) is 11.5 Å². The smallest absolute Gasteiger partial charge is 0.119 e. The fourth-order valence-corrected chi connectivity index (χ4v) is 3.52. The minimum atomic E-state index is 0.889. The first-order chi connectivity index (χ1) is 13.8. The molecule has 2 rings (SSSR count). The van der Waals surface area contributed by atoms with Crippen molar-refractivity contribution in [3.63, 3.8) is 0 Å². The predicted octanol–water partition coefficient (Wildman–Crippen LogP) is 6.85. The van der Waals surface area contributed by atoms with E-state index in [1.165, 1.54) is 62.6 Å². The fraction of sp³-hybridized carbons (Fsp3) is 0.520. The molecule has 0 aliphatic rings. The second-order valence-corrected chi connectivity index (χ2v) is 7.45. The zero-order chi connectivity index (χ0) is 20.0. The van der Waals surface area contributed by atoms with Gasteiger partial charge in [0.25, 0.3) is 0 Å². The molecule has 0 spiro atoms. The van der Waals surface area contributed by atoms with Gasteiger partial charge in [0.15, 0.2) is 0 Å². The van der Waals surface area contributed by atoms with Gasteiger partial charge in [-0.15, -0.1) is 0 Å². The van der Waals surface area contributed by atoms with Gasteiger partial charge in [0.2, 0.25) is 0 Å². The molecule has 2 aromatic rings. The Hall–Kier alpha value is -2.16. The van der Waals surface area contributed by atoms with Gasteiger partial charge in [-0.05, 0) is 48.4 Å². The molecule has 0 saturated heterocycles. The van der Waals surface area contributed by atoms with Crippen LogP contribution >= 0.6 is 0 Å². The van der Waals surface area contributed by atoms with Crippen LogP contribution in [0.25, 0.3) is 0 Å². The van der Waals surface area contributed by atoms with Gasteiger partial charge in [0, 0.05) is 18.8 Å². The molecule has 0 aliphatic heterocycles. The Balaban J connectivity index is 1.92. The highest BCUT2D eigenvalue weighted by molar-refractivity contribution is 5.49. The number of unbranched alkanes of at least 4 members (excludes halogenated alkanes) is 7. The third-order valence-electron chi connectivity index (χ3n) is 5.23. The van der Waals surface area contributed by atoms with Gasteiger partial charge < -0.3 is 14.4 Å². The highest BCUT2D eigenvalue weighted by Crippen LogP contribution is 2.23. The summed E-state index contributed by atoms with van der Waals surface area (Å²) in [6.07, 6.45) is 10.7. The average molecular weight is 384 g/mol. The monoisotopic (exact) mass is 383 g/mol. The van der Waals surface area contributed by atoms with E-state index in [1.807, 2.05) is 18.2 Å². The molecule has 0 bridgehead atoms. The van der Waals surface area contributed by atoms with Crippen molar-refractivity contribution in [2.24, 2.45) is 0 Å². The van der Waals surface area contributed by atoms with Gasteiger partial charge in [-0.2, -0.15) is 0 Å². The van der Waals surface area contributed by atoms with Crippen molar-refractivity contribution in [2.75, 3.05) is 25.7 Å². The number of benzene rings is 2. The molecule has 0 atom stereocenters. The first-order valence-corrected chi connectivity index (χ1v) is 10.8. The van der Waals surface area contributed by atoms with Crippen LogP contribution in [0.5, 0.6) is 11.5 Å². The van der Waals surface area contributed by atoms with Crippen LogP contribution in [0.1, 0.15) is 63.9 Å². The molecular weight excluding hydrogens is 346 g/mol. The van der Waals surface area contributed by atoms with Crippen LogP contribution in [0.15, 0.2) is 48.5 Å². The third kappa shape index (κ3) is 7.84. The van der Waals surface area contributed by atoms with E-state index in [2.05, 4.69) is 42.2 Å². The summed E-state index contributed by atoms with van der Waals surface area (Å²) < 4.78 is 10.7. The number of rotatable bonds is 14. The molecule has 3 heteroatoms. The Kier molecular flexibility index (Phi) is 10.3. The van der Waals surface area contributed by atoms with Crippen LogP contribution in [0, 0.1) is 0 Å². The Morgan fingerprint density at radius 1 is 0.714 bits per heavy atom. The fourth-order valence-electron chi connectivity index (χ4n) is 3.52. The lowest BCUT2D eigenvalue weighted by Gasteiger charge is -2.25. The summed E-state index contributed by atoms with van der Waals surface area (Å²) >= 11 is 0. The van der Waals surface area contributed by atoms with Gasteiger partial charge >= 0.3 is 0 Å². The van der Waals surface area contributed by atoms with Gasteiger partial charge in [0.05, 0.1) is 14.2 Å². The molecule has 0 fully saturated rings. The van der Waals surface area contributed by atoms with Crippen molar-refractivity contribution in [3.8, 4) is 11.5 Å². The lowest BCUT2D eigenvalue weighted by atomic mass is 10.1. The molecule has 3 nitrogen and oxygen atoms in total. The molecule has 0 aliphatic carbocycles. The zero-order valence-corrected chi connectivity index (χ0v) is 18.0. The molecule has 0 aromatic heterocycles. The molecule has 0 amide bonds. The highest BCUT2D eigenvalue weighted by Gasteiger charge is 2.09. The summed E-state index contributed by atoms with van der Waals surface area (Å²) in [5.41, 5.74) is 2.52. The summed E-state index contributed by atoms with van der Waals surface area (Å²) in [5, 5.41) is 0. The normalized spacial score (nSPS) is 10.7. The van der Waals surface area contributed by atoms with Crippen LogP contribution < -0.4 is 14.4 Å². The van der Waals surface area contributed by atoms with E-state index < -0.39 is 0 Å². The minimum absolute atomic E-state index is 0.889. The first-order valence-electron chi connectivity index (χ1n) is 10.8. The van der Waals surface area contributed by atoms with E-state index in [-0.39, 0.29) is 0 Å². The van der Waals surface area contributed by atoms with Crippen molar-refractivity contribution in [3.05, 3.63) is 54.1 Å². The van der Waals surface area contributed by atoms with Crippen LogP contribution in [0.2, 0.25) is 0 Å². The maximum Gasteiger partial charge on any atom is 0.119 e. The van der Waals surface area contributed by atoms with Crippen molar-refractivity contribution in [2.45, 2.75) is 64.8 Å². The second kappa shape index (κ2) is 13.1. The Bertz CT molecular complexity index is 654. The van der Waals surface area contributed by atoms with Gasteiger partial charge in [-0.1, -0.05) is 64.0 Å². The maximum absolute atomic E-state index is 5.39. The number of ether oxygens (including phenoxy) is 2. The quantitative estimate of drug-likeness (QED) is 0.333. The second-order valence-electron chi connectivity index (χ2n) is 7.45. The van der Waals surface area contributed by atoms with E-state index in [0.29, 0.717) is 0 Å². The Labute approximate surface area is 171 Å². The van der Waals surface area contributed by atoms with Crippen LogP contribution in [0.4, 0.5) is 5.69 Å². The largest absolute Gasteiger partial charge is 0.497 e. The Morgan fingerprint density at radius 2 is 1.36 bits per heavy atom. The summed E-state index contributed by atoms with van der Waals surface area (Å²) in [4.78, 5) is 2.46. The third-order valence-corrected chi connectivity index (χ3v) is 5.23. The zero-order valence-electron chi connectivity index (χ0n) is 18.0. The van der Waals surface area contributed by atoms with Crippen LogP contribution in [-0.2, 0) is 6.54 Å². The van der Waals surface area contributed by atoms with E-state index in [1.54, 1.807) is 14.2 Å². The molecule has 28 heavy (non-hydrogen) atoms.